The first-order chi connectivity index (χ1) is 9.38. The summed E-state index contributed by atoms with van der Waals surface area (Å²) in [4.78, 5) is 24.9. The number of hydrogen-bond donors (Lipinski definition) is 3. The van der Waals surface area contributed by atoms with Crippen LogP contribution in [0.1, 0.15) is 55.7 Å². The summed E-state index contributed by atoms with van der Waals surface area (Å²) >= 11 is 0. The van der Waals surface area contributed by atoms with Gasteiger partial charge < -0.3 is 16.4 Å². The third kappa shape index (κ3) is 3.72. The van der Waals surface area contributed by atoms with Crippen molar-refractivity contribution in [1.82, 2.24) is 15.1 Å². The number of amides is 2. The summed E-state index contributed by atoms with van der Waals surface area (Å²) in [5, 5.41) is 6.76. The summed E-state index contributed by atoms with van der Waals surface area (Å²) in [6.07, 6.45) is 1.70. The molecule has 1 heterocycles. The highest BCUT2D eigenvalue weighted by Gasteiger charge is 2.24. The van der Waals surface area contributed by atoms with Crippen molar-refractivity contribution in [2.24, 2.45) is 5.73 Å². The Morgan fingerprint density at radius 2 is 2.05 bits per heavy atom. The van der Waals surface area contributed by atoms with E-state index in [2.05, 4.69) is 10.2 Å². The molecule has 0 aliphatic rings. The van der Waals surface area contributed by atoms with Crippen LogP contribution in [0.4, 0.5) is 5.69 Å². The molecule has 0 saturated carbocycles. The molecular formula is C13H23N5O2. The van der Waals surface area contributed by atoms with Crippen LogP contribution in [0.15, 0.2) is 0 Å². The zero-order chi connectivity index (χ0) is 15.3. The first-order valence-corrected chi connectivity index (χ1v) is 6.79. The van der Waals surface area contributed by atoms with Gasteiger partial charge in [-0.05, 0) is 12.3 Å². The van der Waals surface area contributed by atoms with E-state index in [1.807, 2.05) is 20.8 Å². The topological polar surface area (TPSA) is 118 Å². The minimum Gasteiger partial charge on any atom is -0.395 e. The number of carbonyl (C=O) groups is 2. The van der Waals surface area contributed by atoms with Crippen molar-refractivity contribution in [3.05, 3.63) is 11.4 Å². The van der Waals surface area contributed by atoms with Gasteiger partial charge in [0.25, 0.3) is 5.91 Å². The van der Waals surface area contributed by atoms with Gasteiger partial charge in [0, 0.05) is 6.54 Å². The molecule has 0 aromatic carbocycles. The van der Waals surface area contributed by atoms with E-state index in [9.17, 15) is 9.59 Å². The largest absolute Gasteiger partial charge is 0.395 e. The predicted molar refractivity (Wildman–Crippen MR) is 77.1 cm³/mol. The van der Waals surface area contributed by atoms with Crippen LogP contribution in [-0.2, 0) is 4.79 Å². The average molecular weight is 281 g/mol. The molecule has 1 rings (SSSR count). The molecule has 0 radical (unpaired) electrons. The second-order valence-electron chi connectivity index (χ2n) is 5.10. The van der Waals surface area contributed by atoms with Gasteiger partial charge in [0.05, 0.1) is 17.9 Å². The van der Waals surface area contributed by atoms with Crippen molar-refractivity contribution in [1.29, 1.82) is 0 Å². The van der Waals surface area contributed by atoms with Crippen molar-refractivity contribution < 1.29 is 9.59 Å². The lowest BCUT2D eigenvalue weighted by Crippen LogP contribution is -2.39. The van der Waals surface area contributed by atoms with Gasteiger partial charge in [-0.1, -0.05) is 27.2 Å². The molecule has 0 fully saturated rings. The lowest BCUT2D eigenvalue weighted by molar-refractivity contribution is -0.118. The van der Waals surface area contributed by atoms with Crippen molar-refractivity contribution in [2.75, 3.05) is 18.8 Å². The third-order valence-corrected chi connectivity index (χ3v) is 3.03. The van der Waals surface area contributed by atoms with Crippen LogP contribution in [0, 0.1) is 0 Å². The molecule has 0 saturated heterocycles. The summed E-state index contributed by atoms with van der Waals surface area (Å²) < 4.78 is 0. The maximum absolute atomic E-state index is 12.4. The smallest absolute Gasteiger partial charge is 0.276 e. The lowest BCUT2D eigenvalue weighted by atomic mass is 10.1. The van der Waals surface area contributed by atoms with Gasteiger partial charge in [0.1, 0.15) is 0 Å². The maximum Gasteiger partial charge on any atom is 0.276 e. The van der Waals surface area contributed by atoms with Crippen LogP contribution >= 0.6 is 0 Å². The van der Waals surface area contributed by atoms with Gasteiger partial charge in [0.15, 0.2) is 5.69 Å². The van der Waals surface area contributed by atoms with Crippen molar-refractivity contribution in [2.45, 2.75) is 39.5 Å². The fourth-order valence-electron chi connectivity index (χ4n) is 1.91. The minimum absolute atomic E-state index is 0.123. The number of nitrogens with one attached hydrogen (secondary N) is 1. The maximum atomic E-state index is 12.4. The van der Waals surface area contributed by atoms with Crippen molar-refractivity contribution in [3.63, 3.8) is 0 Å². The molecule has 0 aliphatic heterocycles. The van der Waals surface area contributed by atoms with E-state index >= 15 is 0 Å². The molecule has 0 unspecified atom stereocenters. The number of hydrogen-bond acceptors (Lipinski definition) is 4. The standard InChI is InChI=1S/C13H23N5O2/c1-4-5-6-18(7-9(14)19)13(20)12-10(15)11(8(2)3)16-17-12/h8H,4-7,15H2,1-3H3,(H2,14,19)(H,16,17). The number of nitrogen functional groups attached to an aromatic ring is 1. The van der Waals surface area contributed by atoms with Crippen LogP contribution in [0.3, 0.4) is 0 Å². The Balaban J connectivity index is 2.96. The molecule has 20 heavy (non-hydrogen) atoms. The van der Waals surface area contributed by atoms with E-state index in [1.54, 1.807) is 0 Å². The van der Waals surface area contributed by atoms with E-state index < -0.39 is 5.91 Å². The zero-order valence-electron chi connectivity index (χ0n) is 12.3. The molecule has 1 aromatic rings. The number of rotatable bonds is 7. The van der Waals surface area contributed by atoms with Crippen LogP contribution in [0.5, 0.6) is 0 Å². The first kappa shape index (κ1) is 16.0. The summed E-state index contributed by atoms with van der Waals surface area (Å²) in [6.45, 7) is 6.25. The minimum atomic E-state index is -0.548. The summed E-state index contributed by atoms with van der Waals surface area (Å²) in [5.74, 6) is -0.769. The molecule has 0 spiro atoms. The van der Waals surface area contributed by atoms with Crippen molar-refractivity contribution >= 4 is 17.5 Å². The lowest BCUT2D eigenvalue weighted by Gasteiger charge is -2.20. The summed E-state index contributed by atoms with van der Waals surface area (Å²) in [6, 6.07) is 0. The fraction of sp³-hybridized carbons (Fsp3) is 0.615. The number of carbonyl (C=O) groups excluding carboxylic acids is 2. The molecule has 2 amide bonds. The highest BCUT2D eigenvalue weighted by Crippen LogP contribution is 2.23. The number of aromatic amines is 1. The Morgan fingerprint density at radius 1 is 1.40 bits per heavy atom. The number of nitrogens with zero attached hydrogens (tertiary/aromatic N) is 2. The van der Waals surface area contributed by atoms with Gasteiger partial charge in [-0.15, -0.1) is 0 Å². The summed E-state index contributed by atoms with van der Waals surface area (Å²) in [7, 11) is 0. The van der Waals surface area contributed by atoms with Gasteiger partial charge >= 0.3 is 0 Å². The number of nitrogens with two attached hydrogens (primary N) is 2. The average Bonchev–Trinajstić information content (AvgIpc) is 2.75. The van der Waals surface area contributed by atoms with Gasteiger partial charge in [-0.2, -0.15) is 5.10 Å². The Bertz CT molecular complexity index is 481. The number of primary amides is 1. The van der Waals surface area contributed by atoms with Crippen molar-refractivity contribution in [3.8, 4) is 0 Å². The van der Waals surface area contributed by atoms with E-state index in [0.29, 0.717) is 12.2 Å². The molecular weight excluding hydrogens is 258 g/mol. The van der Waals surface area contributed by atoms with E-state index in [1.165, 1.54) is 4.90 Å². The highest BCUT2D eigenvalue weighted by atomic mass is 16.2. The number of unbranched alkanes of at least 4 members (excludes halogenated alkanes) is 1. The molecule has 7 heteroatoms. The fourth-order valence-corrected chi connectivity index (χ4v) is 1.91. The normalized spacial score (nSPS) is 10.8. The van der Waals surface area contributed by atoms with E-state index in [-0.39, 0.29) is 24.1 Å². The van der Waals surface area contributed by atoms with E-state index in [4.69, 9.17) is 11.5 Å². The second kappa shape index (κ2) is 6.93. The second-order valence-corrected chi connectivity index (χ2v) is 5.10. The number of H-pyrrole nitrogens is 1. The molecule has 0 atom stereocenters. The number of aromatic nitrogens is 2. The Labute approximate surface area is 118 Å². The Hall–Kier alpha value is -2.05. The quantitative estimate of drug-likeness (QED) is 0.686. The molecule has 112 valence electrons. The third-order valence-electron chi connectivity index (χ3n) is 3.03. The molecule has 0 aliphatic carbocycles. The Morgan fingerprint density at radius 3 is 2.50 bits per heavy atom. The van der Waals surface area contributed by atoms with E-state index in [0.717, 1.165) is 18.5 Å². The van der Waals surface area contributed by atoms with Gasteiger partial charge in [-0.25, -0.2) is 0 Å². The highest BCUT2D eigenvalue weighted by molar-refractivity contribution is 5.99. The van der Waals surface area contributed by atoms with Crippen LogP contribution in [-0.4, -0.2) is 40.0 Å². The van der Waals surface area contributed by atoms with Crippen LogP contribution in [0.2, 0.25) is 0 Å². The Kier molecular flexibility index (Phi) is 5.54. The monoisotopic (exact) mass is 281 g/mol. The van der Waals surface area contributed by atoms with Gasteiger partial charge in [0.2, 0.25) is 5.91 Å². The zero-order valence-corrected chi connectivity index (χ0v) is 12.3. The molecule has 7 nitrogen and oxygen atoms in total. The first-order valence-electron chi connectivity index (χ1n) is 6.79. The van der Waals surface area contributed by atoms with Gasteiger partial charge in [-0.3, -0.25) is 14.7 Å². The molecule has 1 aromatic heterocycles. The van der Waals surface area contributed by atoms with Crippen LogP contribution in [0.25, 0.3) is 0 Å². The SMILES string of the molecule is CCCCN(CC(N)=O)C(=O)c1n[nH]c(C(C)C)c1N. The predicted octanol–water partition coefficient (Wildman–Crippen LogP) is 0.843. The molecule has 5 N–H and O–H groups in total. The molecule has 0 bridgehead atoms. The summed E-state index contributed by atoms with van der Waals surface area (Å²) in [5.41, 5.74) is 12.4. The van der Waals surface area contributed by atoms with Crippen LogP contribution < -0.4 is 11.5 Å². The number of anilines is 1.